The van der Waals surface area contributed by atoms with Crippen LogP contribution in [0.5, 0.6) is 0 Å². The van der Waals surface area contributed by atoms with Crippen LogP contribution in [0.15, 0.2) is 0 Å². The van der Waals surface area contributed by atoms with E-state index in [2.05, 4.69) is 0 Å². The second-order valence-electron chi connectivity index (χ2n) is 7.41. The van der Waals surface area contributed by atoms with Crippen molar-refractivity contribution in [1.29, 1.82) is 0 Å². The average molecular weight is 359 g/mol. The lowest BCUT2D eigenvalue weighted by Gasteiger charge is -2.41. The number of hydrogen-bond donors (Lipinski definition) is 1. The third kappa shape index (κ3) is 2.83. The Morgan fingerprint density at radius 3 is 2.42 bits per heavy atom. The minimum atomic E-state index is -3.85. The molecule has 3 unspecified atom stereocenters. The number of rotatable bonds is 5. The van der Waals surface area contributed by atoms with Gasteiger partial charge >= 0.3 is 11.9 Å². The topological polar surface area (TPSA) is 101 Å². The van der Waals surface area contributed by atoms with Crippen LogP contribution in [0.3, 0.4) is 0 Å². The predicted octanol–water partition coefficient (Wildman–Crippen LogP) is 1.38. The minimum absolute atomic E-state index is 0.116. The lowest BCUT2D eigenvalue weighted by atomic mass is 9.70. The summed E-state index contributed by atoms with van der Waals surface area (Å²) >= 11 is 0. The van der Waals surface area contributed by atoms with E-state index in [1.165, 1.54) is 11.4 Å². The molecule has 3 fully saturated rings. The van der Waals surface area contributed by atoms with E-state index in [1.807, 2.05) is 0 Å². The lowest BCUT2D eigenvalue weighted by Crippen LogP contribution is -2.52. The van der Waals surface area contributed by atoms with Gasteiger partial charge in [-0.3, -0.25) is 9.59 Å². The number of sulfonamides is 1. The summed E-state index contributed by atoms with van der Waals surface area (Å²) in [6.45, 7) is 0. The molecule has 0 spiro atoms. The molecule has 3 aliphatic rings. The fourth-order valence-electron chi connectivity index (χ4n) is 4.68. The fourth-order valence-corrected chi connectivity index (χ4v) is 7.19. The smallest absolute Gasteiger partial charge is 0.322 e. The molecule has 0 aromatic rings. The second-order valence-corrected chi connectivity index (χ2v) is 9.29. The van der Waals surface area contributed by atoms with Crippen molar-refractivity contribution < 1.29 is 27.9 Å². The van der Waals surface area contributed by atoms with Crippen molar-refractivity contribution in [2.24, 2.45) is 11.3 Å². The Kier molecular flexibility index (Phi) is 4.63. The normalized spacial score (nSPS) is 32.6. The van der Waals surface area contributed by atoms with E-state index in [4.69, 9.17) is 4.74 Å². The number of aliphatic carboxylic acids is 1. The molecular formula is C16H25NO6S. The molecule has 0 aromatic heterocycles. The van der Waals surface area contributed by atoms with E-state index < -0.39 is 33.4 Å². The van der Waals surface area contributed by atoms with E-state index in [9.17, 15) is 23.1 Å². The van der Waals surface area contributed by atoms with Crippen LogP contribution >= 0.6 is 0 Å². The lowest BCUT2D eigenvalue weighted by molar-refractivity contribution is -0.156. The van der Waals surface area contributed by atoms with Crippen molar-refractivity contribution in [3.05, 3.63) is 0 Å². The molecule has 1 aliphatic heterocycles. The van der Waals surface area contributed by atoms with Gasteiger partial charge in [-0.05, 0) is 38.0 Å². The first-order valence-corrected chi connectivity index (χ1v) is 10.2. The highest BCUT2D eigenvalue weighted by molar-refractivity contribution is 7.89. The SMILES string of the molecule is COC(=O)C1(CS(=O)(=O)N2C(C(=O)O)CC3CCCCC32)CCC1. The number of carbonyl (C=O) groups excluding carboxylic acids is 1. The van der Waals surface area contributed by atoms with Crippen LogP contribution in [0.1, 0.15) is 51.4 Å². The van der Waals surface area contributed by atoms with E-state index in [1.54, 1.807) is 0 Å². The van der Waals surface area contributed by atoms with Crippen LogP contribution in [-0.4, -0.2) is 54.7 Å². The third-order valence-electron chi connectivity index (χ3n) is 6.02. The van der Waals surface area contributed by atoms with Crippen molar-refractivity contribution in [2.45, 2.75) is 63.5 Å². The van der Waals surface area contributed by atoms with E-state index in [-0.39, 0.29) is 17.7 Å². The molecule has 0 amide bonds. The summed E-state index contributed by atoms with van der Waals surface area (Å²) < 4.78 is 32.2. The Hall–Kier alpha value is -1.15. The van der Waals surface area contributed by atoms with Gasteiger partial charge in [0, 0.05) is 6.04 Å². The van der Waals surface area contributed by atoms with Crippen molar-refractivity contribution >= 4 is 22.0 Å². The van der Waals surface area contributed by atoms with Gasteiger partial charge in [-0.25, -0.2) is 8.42 Å². The number of fused-ring (bicyclic) bond motifs is 1. The van der Waals surface area contributed by atoms with Gasteiger partial charge in [0.1, 0.15) is 6.04 Å². The highest BCUT2D eigenvalue weighted by atomic mass is 32.2. The largest absolute Gasteiger partial charge is 0.480 e. The fraction of sp³-hybridized carbons (Fsp3) is 0.875. The number of carboxylic acid groups (broad SMARTS) is 1. The van der Waals surface area contributed by atoms with Crippen LogP contribution in [-0.2, 0) is 24.3 Å². The Bertz CT molecular complexity index is 626. The quantitative estimate of drug-likeness (QED) is 0.744. The summed E-state index contributed by atoms with van der Waals surface area (Å²) in [6.07, 6.45) is 5.66. The van der Waals surface area contributed by atoms with Gasteiger partial charge in [0.15, 0.2) is 0 Å². The zero-order chi connectivity index (χ0) is 17.5. The summed E-state index contributed by atoms with van der Waals surface area (Å²) in [6, 6.07) is -1.24. The van der Waals surface area contributed by atoms with Gasteiger partial charge < -0.3 is 9.84 Å². The summed E-state index contributed by atoms with van der Waals surface area (Å²) in [4.78, 5) is 23.7. The molecule has 1 heterocycles. The molecule has 7 nitrogen and oxygen atoms in total. The number of methoxy groups -OCH3 is 1. The molecule has 0 radical (unpaired) electrons. The standard InChI is InChI=1S/C16H25NO6S/c1-23-15(20)16(7-4-8-16)10-24(21,22)17-12-6-3-2-5-11(12)9-13(17)14(18)19/h11-13H,2-10H2,1H3,(H,18,19). The van der Waals surface area contributed by atoms with Crippen molar-refractivity contribution in [2.75, 3.05) is 12.9 Å². The van der Waals surface area contributed by atoms with Crippen molar-refractivity contribution in [3.63, 3.8) is 0 Å². The zero-order valence-corrected chi connectivity index (χ0v) is 14.8. The van der Waals surface area contributed by atoms with Crippen LogP contribution in [0.25, 0.3) is 0 Å². The Labute approximate surface area is 142 Å². The highest BCUT2D eigenvalue weighted by Gasteiger charge is 2.55. The van der Waals surface area contributed by atoms with E-state index >= 15 is 0 Å². The highest BCUT2D eigenvalue weighted by Crippen LogP contribution is 2.47. The van der Waals surface area contributed by atoms with Crippen LogP contribution in [0, 0.1) is 11.3 Å². The Balaban J connectivity index is 1.88. The average Bonchev–Trinajstić information content (AvgIpc) is 2.91. The summed E-state index contributed by atoms with van der Waals surface area (Å²) in [5.41, 5.74) is -0.997. The number of nitrogens with zero attached hydrogens (tertiary/aromatic N) is 1. The number of ether oxygens (including phenoxy) is 1. The molecule has 1 N–H and O–H groups in total. The number of carboxylic acids is 1. The monoisotopic (exact) mass is 359 g/mol. The van der Waals surface area contributed by atoms with Crippen molar-refractivity contribution in [1.82, 2.24) is 4.31 Å². The molecule has 0 bridgehead atoms. The molecule has 136 valence electrons. The summed E-state index contributed by atoms with van der Waals surface area (Å²) in [5.74, 6) is -1.80. The first-order valence-electron chi connectivity index (χ1n) is 8.63. The molecular weight excluding hydrogens is 334 g/mol. The zero-order valence-electron chi connectivity index (χ0n) is 13.9. The van der Waals surface area contributed by atoms with Gasteiger partial charge in [0.25, 0.3) is 0 Å². The number of esters is 1. The van der Waals surface area contributed by atoms with Gasteiger partial charge in [-0.15, -0.1) is 0 Å². The van der Waals surface area contributed by atoms with Gasteiger partial charge in [0.2, 0.25) is 10.0 Å². The maximum absolute atomic E-state index is 13.1. The molecule has 8 heteroatoms. The summed E-state index contributed by atoms with van der Waals surface area (Å²) in [5, 5.41) is 9.52. The van der Waals surface area contributed by atoms with Crippen LogP contribution in [0.2, 0.25) is 0 Å². The molecule has 24 heavy (non-hydrogen) atoms. The number of hydrogen-bond acceptors (Lipinski definition) is 5. The minimum Gasteiger partial charge on any atom is -0.480 e. The molecule has 1 saturated heterocycles. The maximum atomic E-state index is 13.1. The van der Waals surface area contributed by atoms with Crippen LogP contribution < -0.4 is 0 Å². The number of carbonyl (C=O) groups is 2. The molecule has 3 atom stereocenters. The van der Waals surface area contributed by atoms with Gasteiger partial charge in [-0.1, -0.05) is 19.3 Å². The summed E-state index contributed by atoms with van der Waals surface area (Å²) in [7, 11) is -2.58. The first-order chi connectivity index (χ1) is 11.3. The second kappa shape index (κ2) is 6.29. The van der Waals surface area contributed by atoms with Crippen LogP contribution in [0.4, 0.5) is 0 Å². The molecule has 3 rings (SSSR count). The molecule has 2 saturated carbocycles. The first kappa shape index (κ1) is 17.7. The Morgan fingerprint density at radius 1 is 1.21 bits per heavy atom. The third-order valence-corrected chi connectivity index (χ3v) is 8.11. The van der Waals surface area contributed by atoms with Gasteiger partial charge in [0.05, 0.1) is 18.3 Å². The van der Waals surface area contributed by atoms with E-state index in [0.717, 1.165) is 25.7 Å². The van der Waals surface area contributed by atoms with Crippen molar-refractivity contribution in [3.8, 4) is 0 Å². The van der Waals surface area contributed by atoms with Gasteiger partial charge in [-0.2, -0.15) is 4.31 Å². The molecule has 2 aliphatic carbocycles. The van der Waals surface area contributed by atoms with E-state index in [0.29, 0.717) is 25.7 Å². The molecule has 0 aromatic carbocycles. The Morgan fingerprint density at radius 2 is 1.88 bits per heavy atom. The predicted molar refractivity (Wildman–Crippen MR) is 85.7 cm³/mol. The maximum Gasteiger partial charge on any atom is 0.322 e.